The Morgan fingerprint density at radius 3 is 2.95 bits per heavy atom. The van der Waals surface area contributed by atoms with Gasteiger partial charge in [-0.15, -0.1) is 23.7 Å². The molecule has 3 nitrogen and oxygen atoms in total. The van der Waals surface area contributed by atoms with Crippen LogP contribution in [0.25, 0.3) is 10.4 Å². The zero-order valence-corrected chi connectivity index (χ0v) is 13.3. The summed E-state index contributed by atoms with van der Waals surface area (Å²) in [4.78, 5) is 13.2. The van der Waals surface area contributed by atoms with E-state index in [9.17, 15) is 4.79 Å². The number of thiophene rings is 1. The molecule has 1 unspecified atom stereocenters. The van der Waals surface area contributed by atoms with E-state index in [1.165, 1.54) is 11.3 Å². The van der Waals surface area contributed by atoms with Crippen molar-refractivity contribution in [3.63, 3.8) is 0 Å². The molecule has 0 saturated carbocycles. The molecule has 2 N–H and O–H groups in total. The summed E-state index contributed by atoms with van der Waals surface area (Å²) in [5.74, 6) is 0.0905. The Bertz CT molecular complexity index is 580. The summed E-state index contributed by atoms with van der Waals surface area (Å²) in [5, 5.41) is 8.41. The van der Waals surface area contributed by atoms with E-state index >= 15 is 0 Å². The number of rotatable bonds is 4. The maximum absolute atomic E-state index is 12.0. The summed E-state index contributed by atoms with van der Waals surface area (Å²) in [6, 6.07) is 12.5. The Labute approximate surface area is 135 Å². The second kappa shape index (κ2) is 7.59. The van der Waals surface area contributed by atoms with E-state index in [2.05, 4.69) is 28.1 Å². The average molecular weight is 323 g/mol. The molecule has 1 aromatic heterocycles. The van der Waals surface area contributed by atoms with Crippen LogP contribution < -0.4 is 10.6 Å². The third-order valence-electron chi connectivity index (χ3n) is 3.55. The lowest BCUT2D eigenvalue weighted by atomic mass is 10.1. The maximum Gasteiger partial charge on any atom is 0.225 e. The van der Waals surface area contributed by atoms with Crippen molar-refractivity contribution in [2.75, 3.05) is 11.9 Å². The average Bonchev–Trinajstić information content (AvgIpc) is 3.11. The van der Waals surface area contributed by atoms with Crippen LogP contribution in [-0.4, -0.2) is 18.5 Å². The van der Waals surface area contributed by atoms with Crippen LogP contribution in [0.1, 0.15) is 19.3 Å². The number of halogens is 1. The molecule has 2 heterocycles. The van der Waals surface area contributed by atoms with E-state index in [0.717, 1.165) is 24.2 Å². The summed E-state index contributed by atoms with van der Waals surface area (Å²) in [5.41, 5.74) is 2.02. The molecule has 1 saturated heterocycles. The highest BCUT2D eigenvalue weighted by Gasteiger charge is 2.17. The maximum atomic E-state index is 12.0. The van der Waals surface area contributed by atoms with E-state index in [4.69, 9.17) is 0 Å². The largest absolute Gasteiger partial charge is 0.326 e. The van der Waals surface area contributed by atoms with Gasteiger partial charge in [0.05, 0.1) is 0 Å². The summed E-state index contributed by atoms with van der Waals surface area (Å²) >= 11 is 1.71. The topological polar surface area (TPSA) is 41.1 Å². The first kappa shape index (κ1) is 16.0. The number of amides is 1. The third kappa shape index (κ3) is 4.30. The van der Waals surface area contributed by atoms with Crippen LogP contribution in [0.3, 0.4) is 0 Å². The number of benzene rings is 1. The van der Waals surface area contributed by atoms with Crippen molar-refractivity contribution >= 4 is 35.3 Å². The van der Waals surface area contributed by atoms with Gasteiger partial charge in [-0.1, -0.05) is 18.2 Å². The Morgan fingerprint density at radius 1 is 1.33 bits per heavy atom. The predicted octanol–water partition coefficient (Wildman–Crippen LogP) is 3.92. The first-order valence-electron chi connectivity index (χ1n) is 6.98. The molecule has 21 heavy (non-hydrogen) atoms. The second-order valence-corrected chi connectivity index (χ2v) is 6.05. The molecular formula is C16H19ClN2OS. The molecule has 1 aliphatic rings. The van der Waals surface area contributed by atoms with Crippen molar-refractivity contribution in [3.8, 4) is 10.4 Å². The number of anilines is 1. The molecule has 1 amide bonds. The van der Waals surface area contributed by atoms with Crippen molar-refractivity contribution in [1.29, 1.82) is 0 Å². The van der Waals surface area contributed by atoms with E-state index in [-0.39, 0.29) is 18.3 Å². The van der Waals surface area contributed by atoms with Crippen molar-refractivity contribution in [2.45, 2.75) is 25.3 Å². The summed E-state index contributed by atoms with van der Waals surface area (Å²) in [7, 11) is 0. The van der Waals surface area contributed by atoms with Gasteiger partial charge < -0.3 is 10.6 Å². The molecule has 2 aromatic rings. The minimum atomic E-state index is 0. The molecule has 1 aliphatic heterocycles. The number of carbonyl (C=O) groups excluding carboxylic acids is 1. The smallest absolute Gasteiger partial charge is 0.225 e. The zero-order valence-electron chi connectivity index (χ0n) is 11.7. The first-order chi connectivity index (χ1) is 9.81. The quantitative estimate of drug-likeness (QED) is 0.895. The Morgan fingerprint density at radius 2 is 2.24 bits per heavy atom. The number of carbonyl (C=O) groups is 1. The zero-order chi connectivity index (χ0) is 13.8. The monoisotopic (exact) mass is 322 g/mol. The van der Waals surface area contributed by atoms with Crippen LogP contribution in [0, 0.1) is 0 Å². The van der Waals surface area contributed by atoms with Gasteiger partial charge in [0, 0.05) is 23.0 Å². The third-order valence-corrected chi connectivity index (χ3v) is 4.47. The van der Waals surface area contributed by atoms with Crippen LogP contribution in [0.2, 0.25) is 0 Å². The Hall–Kier alpha value is -1.36. The lowest BCUT2D eigenvalue weighted by molar-refractivity contribution is -0.116. The van der Waals surface area contributed by atoms with Gasteiger partial charge >= 0.3 is 0 Å². The fourth-order valence-electron chi connectivity index (χ4n) is 2.56. The van der Waals surface area contributed by atoms with Crippen molar-refractivity contribution < 1.29 is 4.79 Å². The van der Waals surface area contributed by atoms with Gasteiger partial charge in [0.1, 0.15) is 0 Å². The Balaban J connectivity index is 0.00000161. The fraction of sp³-hybridized carbons (Fsp3) is 0.312. The normalized spacial score (nSPS) is 17.2. The molecule has 0 spiro atoms. The van der Waals surface area contributed by atoms with Crippen molar-refractivity contribution in [1.82, 2.24) is 5.32 Å². The minimum absolute atomic E-state index is 0. The lowest BCUT2D eigenvalue weighted by Gasteiger charge is -2.11. The fourth-order valence-corrected chi connectivity index (χ4v) is 3.28. The summed E-state index contributed by atoms with van der Waals surface area (Å²) in [6.07, 6.45) is 2.83. The highest BCUT2D eigenvalue weighted by atomic mass is 35.5. The molecule has 1 fully saturated rings. The van der Waals surface area contributed by atoms with Crippen LogP contribution in [0.4, 0.5) is 5.69 Å². The van der Waals surface area contributed by atoms with Gasteiger partial charge in [0.2, 0.25) is 5.91 Å². The molecule has 1 aromatic carbocycles. The van der Waals surface area contributed by atoms with Crippen LogP contribution in [0.15, 0.2) is 41.8 Å². The van der Waals surface area contributed by atoms with Gasteiger partial charge in [0.25, 0.3) is 0 Å². The van der Waals surface area contributed by atoms with Gasteiger partial charge in [-0.25, -0.2) is 0 Å². The molecule has 1 atom stereocenters. The molecule has 3 rings (SSSR count). The highest BCUT2D eigenvalue weighted by molar-refractivity contribution is 7.13. The van der Waals surface area contributed by atoms with Gasteiger partial charge in [-0.2, -0.15) is 0 Å². The minimum Gasteiger partial charge on any atom is -0.326 e. The van der Waals surface area contributed by atoms with E-state index in [0.29, 0.717) is 12.5 Å². The molecule has 112 valence electrons. The summed E-state index contributed by atoms with van der Waals surface area (Å²) < 4.78 is 0. The molecule has 0 radical (unpaired) electrons. The number of hydrogen-bond acceptors (Lipinski definition) is 3. The van der Waals surface area contributed by atoms with Gasteiger partial charge in [-0.3, -0.25) is 4.79 Å². The number of hydrogen-bond donors (Lipinski definition) is 2. The van der Waals surface area contributed by atoms with E-state index < -0.39 is 0 Å². The molecule has 5 heteroatoms. The predicted molar refractivity (Wildman–Crippen MR) is 91.3 cm³/mol. The molecule has 0 bridgehead atoms. The first-order valence-corrected chi connectivity index (χ1v) is 7.86. The van der Waals surface area contributed by atoms with Crippen LogP contribution >= 0.6 is 23.7 Å². The van der Waals surface area contributed by atoms with Crippen LogP contribution in [-0.2, 0) is 4.79 Å². The van der Waals surface area contributed by atoms with Gasteiger partial charge in [-0.05, 0) is 48.5 Å². The Kier molecular flexibility index (Phi) is 5.79. The highest BCUT2D eigenvalue weighted by Crippen LogP contribution is 2.26. The number of nitrogens with one attached hydrogen (secondary N) is 2. The SMILES string of the molecule is Cl.O=C(CC1CCCN1)Nc1cccc(-c2cccs2)c1. The summed E-state index contributed by atoms with van der Waals surface area (Å²) in [6.45, 7) is 1.03. The van der Waals surface area contributed by atoms with E-state index in [1.54, 1.807) is 11.3 Å². The second-order valence-electron chi connectivity index (χ2n) is 5.10. The van der Waals surface area contributed by atoms with Gasteiger partial charge in [0.15, 0.2) is 0 Å². The van der Waals surface area contributed by atoms with Crippen molar-refractivity contribution in [2.24, 2.45) is 0 Å². The molecular weight excluding hydrogens is 304 g/mol. The van der Waals surface area contributed by atoms with E-state index in [1.807, 2.05) is 24.3 Å². The van der Waals surface area contributed by atoms with Crippen molar-refractivity contribution in [3.05, 3.63) is 41.8 Å². The van der Waals surface area contributed by atoms with Crippen LogP contribution in [0.5, 0.6) is 0 Å². The standard InChI is InChI=1S/C16H18N2OS.ClH/c19-16(11-13-6-2-8-17-13)18-14-5-1-4-12(10-14)15-7-3-9-20-15;/h1,3-5,7,9-10,13,17H,2,6,8,11H2,(H,18,19);1H. The lowest BCUT2D eigenvalue weighted by Crippen LogP contribution is -2.27. The molecule has 0 aliphatic carbocycles.